The van der Waals surface area contributed by atoms with Crippen LogP contribution in [0.1, 0.15) is 54.9 Å². The van der Waals surface area contributed by atoms with Gasteiger partial charge in [-0.3, -0.25) is 4.79 Å². The highest BCUT2D eigenvalue weighted by molar-refractivity contribution is 7.08. The number of carbonyl (C=O) groups is 1. The van der Waals surface area contributed by atoms with Gasteiger partial charge in [-0.1, -0.05) is 24.3 Å². The van der Waals surface area contributed by atoms with Gasteiger partial charge in [0, 0.05) is 12.6 Å². The Balaban J connectivity index is 2.16. The number of aromatic nitrogens is 2. The summed E-state index contributed by atoms with van der Waals surface area (Å²) in [6, 6.07) is 0.430. The minimum atomic E-state index is 0.131. The Kier molecular flexibility index (Phi) is 4.10. The monoisotopic (exact) mass is 253 g/mol. The number of aryl methyl sites for hydroxylation is 1. The van der Waals surface area contributed by atoms with E-state index in [9.17, 15) is 4.79 Å². The lowest BCUT2D eigenvalue weighted by Gasteiger charge is -2.27. The minimum Gasteiger partial charge on any atom is -0.335 e. The maximum absolute atomic E-state index is 12.5. The van der Waals surface area contributed by atoms with Crippen molar-refractivity contribution in [1.29, 1.82) is 0 Å². The molecule has 0 spiro atoms. The molecule has 1 amide bonds. The van der Waals surface area contributed by atoms with Crippen LogP contribution in [0.4, 0.5) is 0 Å². The molecule has 0 aliphatic heterocycles. The van der Waals surface area contributed by atoms with Crippen LogP contribution in [0.15, 0.2) is 0 Å². The van der Waals surface area contributed by atoms with E-state index in [0.29, 0.717) is 6.04 Å². The Hall–Kier alpha value is -0.970. The van der Waals surface area contributed by atoms with Crippen molar-refractivity contribution in [2.24, 2.45) is 0 Å². The third-order valence-electron chi connectivity index (χ3n) is 3.45. The topological polar surface area (TPSA) is 46.1 Å². The molecule has 94 valence electrons. The number of hydrogen-bond donors (Lipinski definition) is 0. The zero-order chi connectivity index (χ0) is 12.3. The van der Waals surface area contributed by atoms with E-state index in [1.54, 1.807) is 0 Å². The molecule has 0 aromatic carbocycles. The van der Waals surface area contributed by atoms with Crippen LogP contribution < -0.4 is 0 Å². The Bertz CT molecular complexity index is 385. The molecule has 1 aromatic rings. The zero-order valence-corrected chi connectivity index (χ0v) is 11.3. The van der Waals surface area contributed by atoms with Crippen molar-refractivity contribution in [3.63, 3.8) is 0 Å². The van der Waals surface area contributed by atoms with Crippen LogP contribution >= 0.6 is 11.5 Å². The van der Waals surface area contributed by atoms with Crippen molar-refractivity contribution in [1.82, 2.24) is 14.5 Å². The van der Waals surface area contributed by atoms with Gasteiger partial charge in [0.1, 0.15) is 4.88 Å². The van der Waals surface area contributed by atoms with Gasteiger partial charge < -0.3 is 4.90 Å². The fourth-order valence-corrected chi connectivity index (χ4v) is 3.22. The van der Waals surface area contributed by atoms with Gasteiger partial charge in [-0.05, 0) is 37.7 Å². The maximum Gasteiger partial charge on any atom is 0.267 e. The van der Waals surface area contributed by atoms with Crippen LogP contribution in [-0.4, -0.2) is 33.0 Å². The third kappa shape index (κ3) is 2.49. The maximum atomic E-state index is 12.5. The summed E-state index contributed by atoms with van der Waals surface area (Å²) in [7, 11) is 0. The van der Waals surface area contributed by atoms with Crippen molar-refractivity contribution >= 4 is 17.4 Å². The van der Waals surface area contributed by atoms with Gasteiger partial charge in [-0.25, -0.2) is 0 Å². The Morgan fingerprint density at radius 1 is 1.41 bits per heavy atom. The zero-order valence-electron chi connectivity index (χ0n) is 10.5. The molecule has 4 nitrogen and oxygen atoms in total. The van der Waals surface area contributed by atoms with Gasteiger partial charge in [-0.15, -0.1) is 5.10 Å². The second-order valence-electron chi connectivity index (χ2n) is 4.43. The highest BCUT2D eigenvalue weighted by Gasteiger charge is 2.28. The van der Waals surface area contributed by atoms with Crippen LogP contribution in [-0.2, 0) is 6.42 Å². The fourth-order valence-electron chi connectivity index (χ4n) is 2.52. The number of nitrogens with zero attached hydrogens (tertiary/aromatic N) is 3. The highest BCUT2D eigenvalue weighted by atomic mass is 32.1. The highest BCUT2D eigenvalue weighted by Crippen LogP contribution is 2.26. The van der Waals surface area contributed by atoms with Crippen molar-refractivity contribution in [2.75, 3.05) is 6.54 Å². The van der Waals surface area contributed by atoms with Crippen molar-refractivity contribution < 1.29 is 4.79 Å². The number of hydrogen-bond acceptors (Lipinski definition) is 4. The van der Waals surface area contributed by atoms with E-state index in [4.69, 9.17) is 0 Å². The molecule has 0 bridgehead atoms. The summed E-state index contributed by atoms with van der Waals surface area (Å²) in [5.41, 5.74) is 0.844. The number of carbonyl (C=O) groups excluding carboxylic acids is 1. The molecule has 17 heavy (non-hydrogen) atoms. The minimum absolute atomic E-state index is 0.131. The van der Waals surface area contributed by atoms with E-state index in [2.05, 4.69) is 16.5 Å². The predicted octanol–water partition coefficient (Wildman–Crippen LogP) is 2.51. The Morgan fingerprint density at radius 2 is 2.12 bits per heavy atom. The standard InChI is InChI=1S/C12H19N3OS/c1-3-10-11(17-14-13-10)12(16)15(4-2)9-7-5-6-8-9/h9H,3-8H2,1-2H3. The van der Waals surface area contributed by atoms with Gasteiger partial charge in [0.25, 0.3) is 5.91 Å². The van der Waals surface area contributed by atoms with E-state index in [0.717, 1.165) is 36.4 Å². The quantitative estimate of drug-likeness (QED) is 0.828. The Morgan fingerprint density at radius 3 is 2.71 bits per heavy atom. The summed E-state index contributed by atoms with van der Waals surface area (Å²) in [4.78, 5) is 15.2. The second kappa shape index (κ2) is 5.58. The lowest BCUT2D eigenvalue weighted by molar-refractivity contribution is 0.0697. The Labute approximate surface area is 106 Å². The van der Waals surface area contributed by atoms with Crippen LogP contribution in [0.3, 0.4) is 0 Å². The molecule has 1 aliphatic rings. The molecule has 0 saturated heterocycles. The molecule has 1 aromatic heterocycles. The van der Waals surface area contributed by atoms with Crippen molar-refractivity contribution in [3.8, 4) is 0 Å². The summed E-state index contributed by atoms with van der Waals surface area (Å²) >= 11 is 1.23. The molecule has 1 heterocycles. The van der Waals surface area contributed by atoms with Gasteiger partial charge >= 0.3 is 0 Å². The van der Waals surface area contributed by atoms with Crippen molar-refractivity contribution in [3.05, 3.63) is 10.6 Å². The van der Waals surface area contributed by atoms with E-state index in [1.165, 1.54) is 24.4 Å². The molecule has 0 unspecified atom stereocenters. The van der Waals surface area contributed by atoms with E-state index in [-0.39, 0.29) is 5.91 Å². The van der Waals surface area contributed by atoms with Crippen molar-refractivity contribution in [2.45, 2.75) is 52.0 Å². The first kappa shape index (κ1) is 12.5. The number of rotatable bonds is 4. The second-order valence-corrected chi connectivity index (χ2v) is 5.19. The molecular formula is C12H19N3OS. The van der Waals surface area contributed by atoms with Gasteiger partial charge in [0.15, 0.2) is 0 Å². The SMILES string of the molecule is CCc1nnsc1C(=O)N(CC)C1CCCC1. The summed E-state index contributed by atoms with van der Waals surface area (Å²) in [6.45, 7) is 4.85. The summed E-state index contributed by atoms with van der Waals surface area (Å²) in [6.07, 6.45) is 5.56. The lowest BCUT2D eigenvalue weighted by Crippen LogP contribution is -2.38. The number of amides is 1. The molecule has 0 N–H and O–H groups in total. The molecule has 1 saturated carbocycles. The first-order valence-corrected chi connectivity index (χ1v) is 7.17. The molecule has 5 heteroatoms. The normalized spacial score (nSPS) is 16.4. The average molecular weight is 253 g/mol. The average Bonchev–Trinajstić information content (AvgIpc) is 3.00. The van der Waals surface area contributed by atoms with Gasteiger partial charge in [-0.2, -0.15) is 0 Å². The summed E-state index contributed by atoms with van der Waals surface area (Å²) in [5, 5.41) is 4.02. The fraction of sp³-hybridized carbons (Fsp3) is 0.750. The smallest absolute Gasteiger partial charge is 0.267 e. The predicted molar refractivity (Wildman–Crippen MR) is 68.3 cm³/mol. The third-order valence-corrected chi connectivity index (χ3v) is 4.21. The molecule has 2 rings (SSSR count). The summed E-state index contributed by atoms with van der Waals surface area (Å²) < 4.78 is 3.90. The lowest BCUT2D eigenvalue weighted by atomic mass is 10.2. The molecule has 1 aliphatic carbocycles. The molecule has 0 atom stereocenters. The largest absolute Gasteiger partial charge is 0.335 e. The van der Waals surface area contributed by atoms with Gasteiger partial charge in [0.05, 0.1) is 5.69 Å². The first-order chi connectivity index (χ1) is 8.27. The van der Waals surface area contributed by atoms with E-state index < -0.39 is 0 Å². The van der Waals surface area contributed by atoms with Crippen LogP contribution in [0.2, 0.25) is 0 Å². The van der Waals surface area contributed by atoms with Crippen LogP contribution in [0.25, 0.3) is 0 Å². The van der Waals surface area contributed by atoms with E-state index in [1.807, 2.05) is 11.8 Å². The van der Waals surface area contributed by atoms with Crippen LogP contribution in [0.5, 0.6) is 0 Å². The molecular weight excluding hydrogens is 234 g/mol. The molecule has 0 radical (unpaired) electrons. The first-order valence-electron chi connectivity index (χ1n) is 6.40. The molecule has 1 fully saturated rings. The van der Waals surface area contributed by atoms with Gasteiger partial charge in [0.2, 0.25) is 0 Å². The summed E-state index contributed by atoms with van der Waals surface area (Å²) in [5.74, 6) is 0.131. The van der Waals surface area contributed by atoms with E-state index >= 15 is 0 Å². The van der Waals surface area contributed by atoms with Crippen LogP contribution in [0, 0.1) is 0 Å².